The number of rotatable bonds is 4. The number of hydrogen-bond acceptors (Lipinski definition) is 3. The van der Waals surface area contributed by atoms with Gasteiger partial charge in [0.25, 0.3) is 0 Å². The van der Waals surface area contributed by atoms with E-state index in [0.29, 0.717) is 12.0 Å². The van der Waals surface area contributed by atoms with Crippen molar-refractivity contribution in [2.75, 3.05) is 13.7 Å². The molecule has 18 heavy (non-hydrogen) atoms. The lowest BCUT2D eigenvalue weighted by Crippen LogP contribution is -2.29. The van der Waals surface area contributed by atoms with Crippen molar-refractivity contribution >= 4 is 0 Å². The van der Waals surface area contributed by atoms with Gasteiger partial charge in [0.2, 0.25) is 0 Å². The van der Waals surface area contributed by atoms with Gasteiger partial charge in [-0.05, 0) is 37.9 Å². The Labute approximate surface area is 110 Å². The van der Waals surface area contributed by atoms with E-state index in [9.17, 15) is 0 Å². The van der Waals surface area contributed by atoms with Gasteiger partial charge in [0, 0.05) is 18.2 Å². The van der Waals surface area contributed by atoms with E-state index in [0.717, 1.165) is 18.0 Å². The monoisotopic (exact) mass is 248 g/mol. The van der Waals surface area contributed by atoms with Crippen LogP contribution in [0.25, 0.3) is 0 Å². The molecule has 0 bridgehead atoms. The Bertz CT molecular complexity index is 367. The van der Waals surface area contributed by atoms with Crippen LogP contribution < -0.4 is 10.1 Å². The Hall–Kier alpha value is -1.09. The van der Waals surface area contributed by atoms with Crippen molar-refractivity contribution in [1.82, 2.24) is 10.3 Å². The summed E-state index contributed by atoms with van der Waals surface area (Å²) in [7, 11) is 1.74. The first-order chi connectivity index (χ1) is 8.85. The Morgan fingerprint density at radius 1 is 1.39 bits per heavy atom. The van der Waals surface area contributed by atoms with Gasteiger partial charge in [0.05, 0.1) is 12.8 Å². The van der Waals surface area contributed by atoms with E-state index in [2.05, 4.69) is 17.2 Å². The van der Waals surface area contributed by atoms with Crippen LogP contribution in [-0.4, -0.2) is 24.7 Å². The molecule has 3 nitrogen and oxygen atoms in total. The molecule has 0 saturated heterocycles. The summed E-state index contributed by atoms with van der Waals surface area (Å²) in [5, 5.41) is 3.59. The number of pyridine rings is 1. The van der Waals surface area contributed by atoms with Gasteiger partial charge in [-0.2, -0.15) is 0 Å². The van der Waals surface area contributed by atoms with Crippen LogP contribution in [0.4, 0.5) is 0 Å². The molecule has 1 saturated carbocycles. The summed E-state index contributed by atoms with van der Waals surface area (Å²) in [5.41, 5.74) is 1.14. The third-order valence-electron chi connectivity index (χ3n) is 3.82. The van der Waals surface area contributed by atoms with Crippen LogP contribution in [0.5, 0.6) is 5.75 Å². The van der Waals surface area contributed by atoms with E-state index in [4.69, 9.17) is 4.74 Å². The SMILES string of the molecule is CCNC1CCCCC(c2ncccc2OC)C1. The van der Waals surface area contributed by atoms with E-state index >= 15 is 0 Å². The molecule has 0 radical (unpaired) electrons. The molecule has 1 aliphatic carbocycles. The molecule has 0 aliphatic heterocycles. The first-order valence-corrected chi connectivity index (χ1v) is 7.07. The number of nitrogens with one attached hydrogen (secondary N) is 1. The molecular formula is C15H24N2O. The zero-order valence-electron chi connectivity index (χ0n) is 11.5. The van der Waals surface area contributed by atoms with Crippen LogP contribution in [0.1, 0.15) is 50.6 Å². The molecule has 2 rings (SSSR count). The number of nitrogens with zero attached hydrogens (tertiary/aromatic N) is 1. The van der Waals surface area contributed by atoms with Crippen LogP contribution >= 0.6 is 0 Å². The third-order valence-corrected chi connectivity index (χ3v) is 3.82. The fraction of sp³-hybridized carbons (Fsp3) is 0.667. The molecule has 1 aliphatic rings. The van der Waals surface area contributed by atoms with Gasteiger partial charge in [-0.1, -0.05) is 19.8 Å². The van der Waals surface area contributed by atoms with Crippen molar-refractivity contribution in [2.45, 2.75) is 51.0 Å². The maximum absolute atomic E-state index is 5.45. The zero-order chi connectivity index (χ0) is 12.8. The van der Waals surface area contributed by atoms with Crippen molar-refractivity contribution in [3.63, 3.8) is 0 Å². The summed E-state index contributed by atoms with van der Waals surface area (Å²) in [6.45, 7) is 3.23. The van der Waals surface area contributed by atoms with Gasteiger partial charge in [-0.25, -0.2) is 0 Å². The zero-order valence-corrected chi connectivity index (χ0v) is 11.5. The number of aromatic nitrogens is 1. The fourth-order valence-electron chi connectivity index (χ4n) is 2.97. The average Bonchev–Trinajstić information content (AvgIpc) is 2.65. The minimum Gasteiger partial charge on any atom is -0.495 e. The molecule has 1 fully saturated rings. The van der Waals surface area contributed by atoms with Crippen LogP contribution in [0.3, 0.4) is 0 Å². The average molecular weight is 248 g/mol. The summed E-state index contributed by atoms with van der Waals surface area (Å²) in [6.07, 6.45) is 8.20. The number of methoxy groups -OCH3 is 1. The minimum atomic E-state index is 0.535. The molecule has 0 amide bonds. The fourth-order valence-corrected chi connectivity index (χ4v) is 2.97. The lowest BCUT2D eigenvalue weighted by Gasteiger charge is -2.21. The molecule has 1 heterocycles. The molecule has 100 valence electrons. The maximum Gasteiger partial charge on any atom is 0.140 e. The molecule has 1 aromatic rings. The Kier molecular flexibility index (Phi) is 5.00. The first kappa shape index (κ1) is 13.3. The van der Waals surface area contributed by atoms with Crippen LogP contribution in [-0.2, 0) is 0 Å². The smallest absolute Gasteiger partial charge is 0.140 e. The summed E-state index contributed by atoms with van der Waals surface area (Å²) in [5.74, 6) is 1.48. The van der Waals surface area contributed by atoms with Crippen molar-refractivity contribution < 1.29 is 4.74 Å². The highest BCUT2D eigenvalue weighted by molar-refractivity contribution is 5.30. The van der Waals surface area contributed by atoms with Crippen LogP contribution in [0, 0.1) is 0 Å². The van der Waals surface area contributed by atoms with Gasteiger partial charge in [0.1, 0.15) is 5.75 Å². The Morgan fingerprint density at radius 2 is 2.22 bits per heavy atom. The normalized spacial score (nSPS) is 24.6. The van der Waals surface area contributed by atoms with Gasteiger partial charge < -0.3 is 10.1 Å². The standard InChI is InChI=1S/C15H24N2O/c1-3-16-13-8-5-4-7-12(11-13)15-14(18-2)9-6-10-17-15/h6,9-10,12-13,16H,3-5,7-8,11H2,1-2H3. The summed E-state index contributed by atoms with van der Waals surface area (Å²) >= 11 is 0. The Morgan fingerprint density at radius 3 is 3.00 bits per heavy atom. The lowest BCUT2D eigenvalue weighted by atomic mass is 9.93. The molecule has 2 unspecified atom stereocenters. The quantitative estimate of drug-likeness (QED) is 0.831. The van der Waals surface area contributed by atoms with E-state index < -0.39 is 0 Å². The van der Waals surface area contributed by atoms with Crippen LogP contribution in [0.15, 0.2) is 18.3 Å². The van der Waals surface area contributed by atoms with Crippen molar-refractivity contribution in [3.8, 4) is 5.75 Å². The van der Waals surface area contributed by atoms with Crippen molar-refractivity contribution in [1.29, 1.82) is 0 Å². The molecule has 1 N–H and O–H groups in total. The highest BCUT2D eigenvalue weighted by Gasteiger charge is 2.24. The third kappa shape index (κ3) is 3.22. The van der Waals surface area contributed by atoms with Crippen LogP contribution in [0.2, 0.25) is 0 Å². The van der Waals surface area contributed by atoms with Gasteiger partial charge in [-0.15, -0.1) is 0 Å². The molecule has 0 aromatic carbocycles. The highest BCUT2D eigenvalue weighted by atomic mass is 16.5. The van der Waals surface area contributed by atoms with Gasteiger partial charge >= 0.3 is 0 Å². The highest BCUT2D eigenvalue weighted by Crippen LogP contribution is 2.35. The van der Waals surface area contributed by atoms with Gasteiger partial charge in [-0.3, -0.25) is 4.98 Å². The summed E-state index contributed by atoms with van der Waals surface area (Å²) in [4.78, 5) is 4.56. The second-order valence-corrected chi connectivity index (χ2v) is 5.06. The van der Waals surface area contributed by atoms with E-state index in [-0.39, 0.29) is 0 Å². The molecule has 3 heteroatoms. The minimum absolute atomic E-state index is 0.535. The lowest BCUT2D eigenvalue weighted by molar-refractivity contribution is 0.389. The topological polar surface area (TPSA) is 34.2 Å². The molecule has 1 aromatic heterocycles. The second-order valence-electron chi connectivity index (χ2n) is 5.06. The molecular weight excluding hydrogens is 224 g/mol. The number of ether oxygens (including phenoxy) is 1. The second kappa shape index (κ2) is 6.74. The van der Waals surface area contributed by atoms with E-state index in [1.54, 1.807) is 7.11 Å². The largest absolute Gasteiger partial charge is 0.495 e. The maximum atomic E-state index is 5.45. The van der Waals surface area contributed by atoms with E-state index in [1.165, 1.54) is 32.1 Å². The van der Waals surface area contributed by atoms with Crippen molar-refractivity contribution in [2.24, 2.45) is 0 Å². The molecule has 2 atom stereocenters. The van der Waals surface area contributed by atoms with Crippen molar-refractivity contribution in [3.05, 3.63) is 24.0 Å². The first-order valence-electron chi connectivity index (χ1n) is 7.07. The predicted octanol–water partition coefficient (Wildman–Crippen LogP) is 3.12. The summed E-state index contributed by atoms with van der Waals surface area (Å²) < 4.78 is 5.45. The summed E-state index contributed by atoms with van der Waals surface area (Å²) in [6, 6.07) is 4.60. The predicted molar refractivity (Wildman–Crippen MR) is 74.1 cm³/mol. The Balaban J connectivity index is 2.14. The molecule has 0 spiro atoms. The van der Waals surface area contributed by atoms with E-state index in [1.807, 2.05) is 18.3 Å². The van der Waals surface area contributed by atoms with Gasteiger partial charge in [0.15, 0.2) is 0 Å². The number of hydrogen-bond donors (Lipinski definition) is 1.